The van der Waals surface area contributed by atoms with Crippen molar-refractivity contribution in [1.29, 1.82) is 0 Å². The van der Waals surface area contributed by atoms with Crippen LogP contribution in [0, 0.1) is 0 Å². The van der Waals surface area contributed by atoms with Gasteiger partial charge in [-0.1, -0.05) is 31.9 Å². The summed E-state index contributed by atoms with van der Waals surface area (Å²) in [6.07, 6.45) is 11.3. The van der Waals surface area contributed by atoms with Gasteiger partial charge in [0.1, 0.15) is 0 Å². The van der Waals surface area contributed by atoms with Gasteiger partial charge in [-0.15, -0.1) is 0 Å². The van der Waals surface area contributed by atoms with Gasteiger partial charge in [-0.2, -0.15) is 0 Å². The van der Waals surface area contributed by atoms with Crippen LogP contribution in [0.2, 0.25) is 0 Å². The molecule has 1 aromatic heterocycles. The highest BCUT2D eigenvalue weighted by Crippen LogP contribution is 2.17. The third-order valence-corrected chi connectivity index (χ3v) is 4.80. The first-order valence-corrected chi connectivity index (χ1v) is 8.98. The molecule has 0 radical (unpaired) electrons. The van der Waals surface area contributed by atoms with E-state index in [9.17, 15) is 4.79 Å². The number of nitrogens with zero attached hydrogens (tertiary/aromatic N) is 5. The molecule has 0 spiro atoms. The number of piperazine rings is 1. The molecular weight excluding hydrogens is 302 g/mol. The Morgan fingerprint density at radius 2 is 1.96 bits per heavy atom. The van der Waals surface area contributed by atoms with Crippen molar-refractivity contribution in [3.63, 3.8) is 0 Å². The number of hydrogen-bond donors (Lipinski definition) is 0. The quantitative estimate of drug-likeness (QED) is 0.741. The molecule has 0 N–H and O–H groups in total. The monoisotopic (exact) mass is 329 g/mol. The Labute approximate surface area is 144 Å². The van der Waals surface area contributed by atoms with Crippen LogP contribution in [-0.4, -0.2) is 71.0 Å². The van der Waals surface area contributed by atoms with Crippen LogP contribution in [0.15, 0.2) is 30.6 Å². The summed E-state index contributed by atoms with van der Waals surface area (Å²) in [5.74, 6) is 1.04. The zero-order valence-corrected chi connectivity index (χ0v) is 14.5. The molecule has 0 aliphatic carbocycles. The minimum Gasteiger partial charge on any atom is -0.338 e. The Hall–Kier alpha value is -1.95. The minimum absolute atomic E-state index is 0.255. The van der Waals surface area contributed by atoms with Crippen molar-refractivity contribution in [2.45, 2.75) is 32.2 Å². The molecule has 0 saturated carbocycles. The normalized spacial score (nSPS) is 21.5. The van der Waals surface area contributed by atoms with Gasteiger partial charge in [-0.3, -0.25) is 9.69 Å². The van der Waals surface area contributed by atoms with Crippen molar-refractivity contribution >= 4 is 11.9 Å². The summed E-state index contributed by atoms with van der Waals surface area (Å²) >= 11 is 0. The third-order valence-electron chi connectivity index (χ3n) is 4.80. The van der Waals surface area contributed by atoms with Crippen molar-refractivity contribution in [1.82, 2.24) is 19.8 Å². The first kappa shape index (κ1) is 16.9. The molecule has 6 heteroatoms. The van der Waals surface area contributed by atoms with Gasteiger partial charge in [-0.05, 0) is 12.5 Å². The summed E-state index contributed by atoms with van der Waals surface area (Å²) in [5, 5.41) is 0. The molecule has 2 aliphatic rings. The summed E-state index contributed by atoms with van der Waals surface area (Å²) in [4.78, 5) is 27.7. The second-order valence-corrected chi connectivity index (χ2v) is 6.50. The molecule has 24 heavy (non-hydrogen) atoms. The maximum atomic E-state index is 12.6. The smallest absolute Gasteiger partial charge is 0.237 e. The predicted octanol–water partition coefficient (Wildman–Crippen LogP) is 1.56. The highest BCUT2D eigenvalue weighted by atomic mass is 16.2. The molecule has 1 amide bonds. The van der Waals surface area contributed by atoms with E-state index >= 15 is 0 Å². The molecule has 3 rings (SSSR count). The van der Waals surface area contributed by atoms with Crippen LogP contribution in [0.1, 0.15) is 26.2 Å². The summed E-state index contributed by atoms with van der Waals surface area (Å²) in [6, 6.07) is 2.13. The molecule has 1 aromatic rings. The first-order chi connectivity index (χ1) is 11.8. The van der Waals surface area contributed by atoms with Crippen molar-refractivity contribution in [3.05, 3.63) is 30.6 Å². The van der Waals surface area contributed by atoms with Crippen LogP contribution in [0.3, 0.4) is 0 Å². The van der Waals surface area contributed by atoms with Crippen molar-refractivity contribution in [2.75, 3.05) is 44.2 Å². The Balaban J connectivity index is 1.46. The third kappa shape index (κ3) is 4.12. The summed E-state index contributed by atoms with van der Waals surface area (Å²) < 4.78 is 0. The van der Waals surface area contributed by atoms with Gasteiger partial charge in [0, 0.05) is 45.1 Å². The minimum atomic E-state index is 0.255. The van der Waals surface area contributed by atoms with Crippen LogP contribution in [0.25, 0.3) is 0 Å². The molecule has 130 valence electrons. The zero-order valence-electron chi connectivity index (χ0n) is 14.5. The van der Waals surface area contributed by atoms with E-state index in [2.05, 4.69) is 38.8 Å². The summed E-state index contributed by atoms with van der Waals surface area (Å²) in [7, 11) is 0. The largest absolute Gasteiger partial charge is 0.338 e. The lowest BCUT2D eigenvalue weighted by Crippen LogP contribution is -2.51. The van der Waals surface area contributed by atoms with Crippen LogP contribution in [0.5, 0.6) is 0 Å². The van der Waals surface area contributed by atoms with Gasteiger partial charge in [0.2, 0.25) is 11.9 Å². The maximum Gasteiger partial charge on any atom is 0.237 e. The van der Waals surface area contributed by atoms with Gasteiger partial charge in [0.25, 0.3) is 0 Å². The lowest BCUT2D eigenvalue weighted by molar-refractivity contribution is -0.133. The predicted molar refractivity (Wildman–Crippen MR) is 94.9 cm³/mol. The lowest BCUT2D eigenvalue weighted by atomic mass is 10.1. The summed E-state index contributed by atoms with van der Waals surface area (Å²) in [6.45, 7) is 6.99. The fourth-order valence-corrected chi connectivity index (χ4v) is 3.37. The number of anilines is 1. The number of unbranched alkanes of at least 4 members (excludes halogenated alkanes) is 1. The maximum absolute atomic E-state index is 12.6. The molecule has 2 aliphatic heterocycles. The van der Waals surface area contributed by atoms with E-state index in [1.165, 1.54) is 12.8 Å². The lowest BCUT2D eigenvalue weighted by Gasteiger charge is -2.35. The fraction of sp³-hybridized carbons (Fsp3) is 0.611. The van der Waals surface area contributed by atoms with E-state index in [4.69, 9.17) is 0 Å². The number of amides is 1. The molecule has 0 bridgehead atoms. The number of carbonyl (C=O) groups excluding carboxylic acids is 1. The first-order valence-electron chi connectivity index (χ1n) is 8.98. The Morgan fingerprint density at radius 1 is 1.21 bits per heavy atom. The van der Waals surface area contributed by atoms with Crippen molar-refractivity contribution < 1.29 is 4.79 Å². The van der Waals surface area contributed by atoms with E-state index in [0.717, 1.165) is 45.1 Å². The fourth-order valence-electron chi connectivity index (χ4n) is 3.37. The molecule has 3 heterocycles. The van der Waals surface area contributed by atoms with Gasteiger partial charge in [0.05, 0.1) is 12.6 Å². The van der Waals surface area contributed by atoms with E-state index in [0.29, 0.717) is 12.6 Å². The highest BCUT2D eigenvalue weighted by Gasteiger charge is 2.27. The van der Waals surface area contributed by atoms with Crippen LogP contribution >= 0.6 is 0 Å². The second-order valence-electron chi connectivity index (χ2n) is 6.50. The molecular formula is C18H27N5O. The highest BCUT2D eigenvalue weighted by molar-refractivity contribution is 5.79. The van der Waals surface area contributed by atoms with E-state index in [1.807, 2.05) is 11.0 Å². The molecule has 0 aromatic carbocycles. The molecule has 1 fully saturated rings. The topological polar surface area (TPSA) is 52.6 Å². The van der Waals surface area contributed by atoms with Gasteiger partial charge in [0.15, 0.2) is 0 Å². The zero-order chi connectivity index (χ0) is 16.8. The van der Waals surface area contributed by atoms with Crippen LogP contribution in [0.4, 0.5) is 5.95 Å². The Bertz CT molecular complexity index is 554. The Morgan fingerprint density at radius 3 is 2.67 bits per heavy atom. The van der Waals surface area contributed by atoms with Crippen LogP contribution in [-0.2, 0) is 4.79 Å². The van der Waals surface area contributed by atoms with Gasteiger partial charge < -0.3 is 9.80 Å². The average Bonchev–Trinajstić information content (AvgIpc) is 3.10. The SMILES string of the molecule is CCCCC1C=CCN1C(=O)CN1CCN(c2ncccn2)CC1. The van der Waals surface area contributed by atoms with E-state index in [-0.39, 0.29) is 5.91 Å². The van der Waals surface area contributed by atoms with Crippen molar-refractivity contribution in [2.24, 2.45) is 0 Å². The van der Waals surface area contributed by atoms with Gasteiger partial charge in [-0.25, -0.2) is 9.97 Å². The van der Waals surface area contributed by atoms with E-state index in [1.54, 1.807) is 12.4 Å². The standard InChI is InChI=1S/C18H27N5O/c1-2-3-6-16-7-4-10-23(16)17(24)15-21-11-13-22(14-12-21)18-19-8-5-9-20-18/h4-5,7-9,16H,2-3,6,10-15H2,1H3. The van der Waals surface area contributed by atoms with Gasteiger partial charge >= 0.3 is 0 Å². The molecule has 1 unspecified atom stereocenters. The average molecular weight is 329 g/mol. The number of aromatic nitrogens is 2. The second kappa shape index (κ2) is 8.24. The molecule has 1 atom stereocenters. The summed E-state index contributed by atoms with van der Waals surface area (Å²) in [5.41, 5.74) is 0. The van der Waals surface area contributed by atoms with Crippen molar-refractivity contribution in [3.8, 4) is 0 Å². The Kier molecular flexibility index (Phi) is 5.80. The van der Waals surface area contributed by atoms with Crippen LogP contribution < -0.4 is 4.90 Å². The molecule has 6 nitrogen and oxygen atoms in total. The molecule has 1 saturated heterocycles. The number of carbonyl (C=O) groups is 1. The van der Waals surface area contributed by atoms with E-state index < -0.39 is 0 Å². The number of rotatable bonds is 6. The number of hydrogen-bond acceptors (Lipinski definition) is 5.